The van der Waals surface area contributed by atoms with Gasteiger partial charge in [-0.15, -0.1) is 0 Å². The van der Waals surface area contributed by atoms with Crippen molar-refractivity contribution in [3.63, 3.8) is 0 Å². The van der Waals surface area contributed by atoms with Gasteiger partial charge in [0.1, 0.15) is 5.60 Å². The van der Waals surface area contributed by atoms with Gasteiger partial charge in [-0.2, -0.15) is 0 Å². The first kappa shape index (κ1) is 12.3. The van der Waals surface area contributed by atoms with Crippen LogP contribution in [0.15, 0.2) is 0 Å². The average Bonchev–Trinajstić information content (AvgIpc) is 2.69. The second kappa shape index (κ2) is 5.45. The molecule has 2 fully saturated rings. The summed E-state index contributed by atoms with van der Waals surface area (Å²) in [6.07, 6.45) is 3.32. The topological polar surface area (TPSA) is 44.7 Å². The van der Waals surface area contributed by atoms with Crippen molar-refractivity contribution in [3.05, 3.63) is 0 Å². The molecule has 0 radical (unpaired) electrons. The number of nitrogens with one attached hydrogen (secondary N) is 1. The van der Waals surface area contributed by atoms with Crippen molar-refractivity contribution < 1.29 is 9.84 Å². The van der Waals surface area contributed by atoms with Crippen LogP contribution in [0.3, 0.4) is 0 Å². The third-order valence-electron chi connectivity index (χ3n) is 3.81. The number of rotatable bonds is 4. The lowest BCUT2D eigenvalue weighted by Gasteiger charge is -2.30. The Labute approximate surface area is 98.0 Å². The summed E-state index contributed by atoms with van der Waals surface area (Å²) in [5.74, 6) is 0.780. The van der Waals surface area contributed by atoms with Crippen LogP contribution in [0.1, 0.15) is 19.3 Å². The van der Waals surface area contributed by atoms with Crippen molar-refractivity contribution >= 4 is 0 Å². The van der Waals surface area contributed by atoms with Gasteiger partial charge in [0.2, 0.25) is 0 Å². The predicted molar refractivity (Wildman–Crippen MR) is 63.5 cm³/mol. The van der Waals surface area contributed by atoms with E-state index in [0.717, 1.165) is 18.9 Å². The standard InChI is InChI=1S/C12H24N2O2/c1-14-5-2-11(3-6-14)8-13-9-12(15)4-7-16-10-12/h11,13,15H,2-10H2,1H3. The zero-order valence-electron chi connectivity index (χ0n) is 10.2. The van der Waals surface area contributed by atoms with Crippen LogP contribution in [-0.2, 0) is 4.74 Å². The lowest BCUT2D eigenvalue weighted by atomic mass is 9.96. The van der Waals surface area contributed by atoms with Crippen molar-refractivity contribution in [2.45, 2.75) is 24.9 Å². The van der Waals surface area contributed by atoms with Crippen LogP contribution in [0, 0.1) is 5.92 Å². The summed E-state index contributed by atoms with van der Waals surface area (Å²) in [6, 6.07) is 0. The molecule has 4 nitrogen and oxygen atoms in total. The Morgan fingerprint density at radius 1 is 1.44 bits per heavy atom. The fourth-order valence-electron chi connectivity index (χ4n) is 2.51. The molecular formula is C12H24N2O2. The van der Waals surface area contributed by atoms with E-state index < -0.39 is 5.60 Å². The van der Waals surface area contributed by atoms with Gasteiger partial charge in [-0.05, 0) is 45.4 Å². The molecule has 0 bridgehead atoms. The highest BCUT2D eigenvalue weighted by atomic mass is 16.5. The minimum absolute atomic E-state index is 0.493. The molecule has 1 unspecified atom stereocenters. The quantitative estimate of drug-likeness (QED) is 0.715. The van der Waals surface area contributed by atoms with Crippen LogP contribution < -0.4 is 5.32 Å². The van der Waals surface area contributed by atoms with Crippen molar-refractivity contribution in [2.24, 2.45) is 5.92 Å². The number of aliphatic hydroxyl groups is 1. The van der Waals surface area contributed by atoms with E-state index in [9.17, 15) is 5.11 Å². The van der Waals surface area contributed by atoms with E-state index in [4.69, 9.17) is 4.74 Å². The number of likely N-dealkylation sites (tertiary alicyclic amines) is 1. The van der Waals surface area contributed by atoms with E-state index in [1.54, 1.807) is 0 Å². The first-order valence-electron chi connectivity index (χ1n) is 6.37. The molecular weight excluding hydrogens is 204 g/mol. The summed E-state index contributed by atoms with van der Waals surface area (Å²) in [7, 11) is 2.18. The van der Waals surface area contributed by atoms with Crippen molar-refractivity contribution in [2.75, 3.05) is 46.4 Å². The van der Waals surface area contributed by atoms with Crippen molar-refractivity contribution in [1.29, 1.82) is 0 Å². The SMILES string of the molecule is CN1CCC(CNCC2(O)CCOC2)CC1. The first-order valence-corrected chi connectivity index (χ1v) is 6.37. The molecule has 0 aliphatic carbocycles. The van der Waals surface area contributed by atoms with E-state index in [1.807, 2.05) is 0 Å². The zero-order chi connectivity index (χ0) is 11.4. The molecule has 2 aliphatic rings. The van der Waals surface area contributed by atoms with Crippen molar-refractivity contribution in [1.82, 2.24) is 10.2 Å². The van der Waals surface area contributed by atoms with Gasteiger partial charge < -0.3 is 20.1 Å². The molecule has 0 aromatic rings. The Morgan fingerprint density at radius 2 is 2.19 bits per heavy atom. The van der Waals surface area contributed by atoms with Crippen LogP contribution in [0.5, 0.6) is 0 Å². The fourth-order valence-corrected chi connectivity index (χ4v) is 2.51. The third kappa shape index (κ3) is 3.42. The van der Waals surface area contributed by atoms with Gasteiger partial charge in [0.05, 0.1) is 6.61 Å². The van der Waals surface area contributed by atoms with E-state index >= 15 is 0 Å². The van der Waals surface area contributed by atoms with Gasteiger partial charge in [-0.1, -0.05) is 0 Å². The van der Waals surface area contributed by atoms with Gasteiger partial charge in [-0.25, -0.2) is 0 Å². The van der Waals surface area contributed by atoms with E-state index in [-0.39, 0.29) is 0 Å². The summed E-state index contributed by atoms with van der Waals surface area (Å²) in [5, 5.41) is 13.5. The van der Waals surface area contributed by atoms with E-state index in [1.165, 1.54) is 25.9 Å². The molecule has 4 heteroatoms. The molecule has 0 aromatic carbocycles. The van der Waals surface area contributed by atoms with E-state index in [2.05, 4.69) is 17.3 Å². The number of nitrogens with zero attached hydrogens (tertiary/aromatic N) is 1. The molecule has 0 spiro atoms. The second-order valence-electron chi connectivity index (χ2n) is 5.40. The summed E-state index contributed by atoms with van der Waals surface area (Å²) < 4.78 is 5.22. The van der Waals surface area contributed by atoms with Crippen LogP contribution in [0.2, 0.25) is 0 Å². The normalized spacial score (nSPS) is 33.4. The molecule has 2 rings (SSSR count). The maximum absolute atomic E-state index is 10.1. The number of hydrogen-bond acceptors (Lipinski definition) is 4. The van der Waals surface area contributed by atoms with Gasteiger partial charge >= 0.3 is 0 Å². The second-order valence-corrected chi connectivity index (χ2v) is 5.40. The third-order valence-corrected chi connectivity index (χ3v) is 3.81. The molecule has 2 N–H and O–H groups in total. The molecule has 2 saturated heterocycles. The molecule has 94 valence electrons. The average molecular weight is 228 g/mol. The summed E-state index contributed by atoms with van der Waals surface area (Å²) in [4.78, 5) is 2.38. The van der Waals surface area contributed by atoms with E-state index in [0.29, 0.717) is 19.8 Å². The summed E-state index contributed by atoms with van der Waals surface area (Å²) in [5.41, 5.74) is -0.606. The monoisotopic (exact) mass is 228 g/mol. The zero-order valence-corrected chi connectivity index (χ0v) is 10.2. The minimum atomic E-state index is -0.606. The highest BCUT2D eigenvalue weighted by Gasteiger charge is 2.31. The van der Waals surface area contributed by atoms with Gasteiger partial charge in [0.15, 0.2) is 0 Å². The van der Waals surface area contributed by atoms with Gasteiger partial charge in [0, 0.05) is 19.6 Å². The fraction of sp³-hybridized carbons (Fsp3) is 1.00. The molecule has 2 heterocycles. The molecule has 2 aliphatic heterocycles. The minimum Gasteiger partial charge on any atom is -0.386 e. The van der Waals surface area contributed by atoms with Gasteiger partial charge in [-0.3, -0.25) is 0 Å². The Kier molecular flexibility index (Phi) is 4.19. The summed E-state index contributed by atoms with van der Waals surface area (Å²) in [6.45, 7) is 5.33. The molecule has 0 aromatic heterocycles. The smallest absolute Gasteiger partial charge is 0.102 e. The number of ether oxygens (including phenoxy) is 1. The summed E-state index contributed by atoms with van der Waals surface area (Å²) >= 11 is 0. The first-order chi connectivity index (χ1) is 7.68. The lowest BCUT2D eigenvalue weighted by Crippen LogP contribution is -2.43. The Morgan fingerprint density at radius 3 is 2.81 bits per heavy atom. The predicted octanol–water partition coefficient (Wildman–Crippen LogP) is 0.0692. The highest BCUT2D eigenvalue weighted by Crippen LogP contribution is 2.18. The van der Waals surface area contributed by atoms with Crippen LogP contribution in [0.25, 0.3) is 0 Å². The molecule has 1 atom stereocenters. The Balaban J connectivity index is 1.61. The maximum atomic E-state index is 10.1. The van der Waals surface area contributed by atoms with Crippen LogP contribution >= 0.6 is 0 Å². The van der Waals surface area contributed by atoms with Crippen molar-refractivity contribution in [3.8, 4) is 0 Å². The maximum Gasteiger partial charge on any atom is 0.102 e. The molecule has 0 amide bonds. The Hall–Kier alpha value is -0.160. The van der Waals surface area contributed by atoms with Crippen LogP contribution in [0.4, 0.5) is 0 Å². The highest BCUT2D eigenvalue weighted by molar-refractivity contribution is 4.85. The van der Waals surface area contributed by atoms with Gasteiger partial charge in [0.25, 0.3) is 0 Å². The molecule has 16 heavy (non-hydrogen) atoms. The number of piperidine rings is 1. The Bertz CT molecular complexity index is 209. The van der Waals surface area contributed by atoms with Crippen LogP contribution in [-0.4, -0.2) is 62.0 Å². The largest absolute Gasteiger partial charge is 0.386 e. The molecule has 0 saturated carbocycles. The lowest BCUT2D eigenvalue weighted by molar-refractivity contribution is 0.0258. The number of hydrogen-bond donors (Lipinski definition) is 2.